The van der Waals surface area contributed by atoms with Gasteiger partial charge in [0, 0.05) is 29.7 Å². The normalized spacial score (nSPS) is 12.2. The standard InChI is InChI=1S/C14H22N2O3S2/c1-11(17)16-12-5-7-13(8-6-12)21(18,19)15-9-10-20-14(2,3)4/h5-8,15H,9-10H2,1-4H3,(H,16,17). The molecule has 1 aromatic rings. The van der Waals surface area contributed by atoms with Crippen molar-refractivity contribution in [3.63, 3.8) is 0 Å². The number of benzene rings is 1. The maximum absolute atomic E-state index is 12.1. The van der Waals surface area contributed by atoms with Crippen molar-refractivity contribution in [2.24, 2.45) is 0 Å². The van der Waals surface area contributed by atoms with Gasteiger partial charge in [0.1, 0.15) is 0 Å². The largest absolute Gasteiger partial charge is 0.326 e. The molecule has 0 heterocycles. The van der Waals surface area contributed by atoms with Crippen LogP contribution in [0.25, 0.3) is 0 Å². The number of carbonyl (C=O) groups excluding carboxylic acids is 1. The second-order valence-corrected chi connectivity index (χ2v) is 9.25. The van der Waals surface area contributed by atoms with Crippen LogP contribution in [-0.4, -0.2) is 31.4 Å². The minimum Gasteiger partial charge on any atom is -0.326 e. The molecule has 0 atom stereocenters. The average molecular weight is 330 g/mol. The van der Waals surface area contributed by atoms with Gasteiger partial charge in [0.2, 0.25) is 15.9 Å². The predicted octanol–water partition coefficient (Wildman–Crippen LogP) is 2.46. The highest BCUT2D eigenvalue weighted by Crippen LogP contribution is 2.22. The van der Waals surface area contributed by atoms with E-state index in [9.17, 15) is 13.2 Å². The molecule has 0 aliphatic heterocycles. The molecule has 7 heteroatoms. The maximum Gasteiger partial charge on any atom is 0.240 e. The van der Waals surface area contributed by atoms with Crippen molar-refractivity contribution >= 4 is 33.4 Å². The first-order valence-electron chi connectivity index (χ1n) is 6.61. The molecule has 0 saturated carbocycles. The van der Waals surface area contributed by atoms with Crippen LogP contribution in [0.2, 0.25) is 0 Å². The monoisotopic (exact) mass is 330 g/mol. The molecule has 1 amide bonds. The van der Waals surface area contributed by atoms with Gasteiger partial charge in [0.05, 0.1) is 4.90 Å². The zero-order valence-corrected chi connectivity index (χ0v) is 14.4. The molecule has 0 unspecified atom stereocenters. The third kappa shape index (κ3) is 6.97. The minimum atomic E-state index is -3.50. The summed E-state index contributed by atoms with van der Waals surface area (Å²) in [6, 6.07) is 6.09. The zero-order valence-electron chi connectivity index (χ0n) is 12.8. The van der Waals surface area contributed by atoms with Crippen LogP contribution in [0.1, 0.15) is 27.7 Å². The molecule has 0 saturated heterocycles. The first-order valence-corrected chi connectivity index (χ1v) is 9.08. The van der Waals surface area contributed by atoms with E-state index in [1.54, 1.807) is 23.9 Å². The quantitative estimate of drug-likeness (QED) is 0.786. The highest BCUT2D eigenvalue weighted by Gasteiger charge is 2.15. The number of rotatable bonds is 6. The van der Waals surface area contributed by atoms with Gasteiger partial charge in [0.15, 0.2) is 0 Å². The molecule has 118 valence electrons. The van der Waals surface area contributed by atoms with Crippen molar-refractivity contribution < 1.29 is 13.2 Å². The van der Waals surface area contributed by atoms with E-state index in [-0.39, 0.29) is 15.5 Å². The molecule has 1 aromatic carbocycles. The molecule has 0 radical (unpaired) electrons. The summed E-state index contributed by atoms with van der Waals surface area (Å²) in [7, 11) is -3.50. The van der Waals surface area contributed by atoms with E-state index in [1.165, 1.54) is 19.1 Å². The summed E-state index contributed by atoms with van der Waals surface area (Å²) in [5.74, 6) is 0.523. The number of anilines is 1. The molecule has 5 nitrogen and oxygen atoms in total. The molecule has 2 N–H and O–H groups in total. The van der Waals surface area contributed by atoms with Crippen molar-refractivity contribution in [1.29, 1.82) is 0 Å². The van der Waals surface area contributed by atoms with Crippen molar-refractivity contribution in [2.75, 3.05) is 17.6 Å². The van der Waals surface area contributed by atoms with E-state index in [2.05, 4.69) is 30.8 Å². The van der Waals surface area contributed by atoms with Crippen molar-refractivity contribution in [3.8, 4) is 0 Å². The summed E-state index contributed by atoms with van der Waals surface area (Å²) in [5.41, 5.74) is 0.574. The Labute approximate surface area is 130 Å². The summed E-state index contributed by atoms with van der Waals surface area (Å²) >= 11 is 1.70. The topological polar surface area (TPSA) is 75.3 Å². The first kappa shape index (κ1) is 18.0. The van der Waals surface area contributed by atoms with Gasteiger partial charge in [-0.1, -0.05) is 20.8 Å². The Balaban J connectivity index is 2.60. The molecule has 0 fully saturated rings. The van der Waals surface area contributed by atoms with Gasteiger partial charge in [-0.3, -0.25) is 4.79 Å². The lowest BCUT2D eigenvalue weighted by atomic mass is 10.3. The van der Waals surface area contributed by atoms with Crippen LogP contribution >= 0.6 is 11.8 Å². The van der Waals surface area contributed by atoms with E-state index in [1.807, 2.05) is 0 Å². The van der Waals surface area contributed by atoms with Crippen LogP contribution in [-0.2, 0) is 14.8 Å². The highest BCUT2D eigenvalue weighted by molar-refractivity contribution is 8.00. The fraction of sp³-hybridized carbons (Fsp3) is 0.500. The third-order valence-electron chi connectivity index (χ3n) is 2.41. The third-order valence-corrected chi connectivity index (χ3v) is 5.17. The first-order chi connectivity index (χ1) is 9.60. The van der Waals surface area contributed by atoms with E-state index >= 15 is 0 Å². The lowest BCUT2D eigenvalue weighted by molar-refractivity contribution is -0.114. The smallest absolute Gasteiger partial charge is 0.240 e. The highest BCUT2D eigenvalue weighted by atomic mass is 32.2. The van der Waals surface area contributed by atoms with Crippen LogP contribution < -0.4 is 10.0 Å². The molecule has 1 rings (SSSR count). The molecule has 21 heavy (non-hydrogen) atoms. The molecular formula is C14H22N2O3S2. The van der Waals surface area contributed by atoms with E-state index in [0.717, 1.165) is 0 Å². The van der Waals surface area contributed by atoms with Crippen LogP contribution in [0.4, 0.5) is 5.69 Å². The van der Waals surface area contributed by atoms with Crippen LogP contribution in [0.5, 0.6) is 0 Å². The fourth-order valence-electron chi connectivity index (χ4n) is 1.54. The van der Waals surface area contributed by atoms with Crippen molar-refractivity contribution in [2.45, 2.75) is 37.3 Å². The van der Waals surface area contributed by atoms with Crippen molar-refractivity contribution in [3.05, 3.63) is 24.3 Å². The number of amides is 1. The Morgan fingerprint density at radius 1 is 1.19 bits per heavy atom. The maximum atomic E-state index is 12.1. The van der Waals surface area contributed by atoms with Crippen LogP contribution in [0.3, 0.4) is 0 Å². The number of hydrogen-bond acceptors (Lipinski definition) is 4. The molecule has 0 aromatic heterocycles. The van der Waals surface area contributed by atoms with Gasteiger partial charge >= 0.3 is 0 Å². The lowest BCUT2D eigenvalue weighted by Gasteiger charge is -2.17. The van der Waals surface area contributed by atoms with Gasteiger partial charge in [-0.15, -0.1) is 0 Å². The SMILES string of the molecule is CC(=O)Nc1ccc(S(=O)(=O)NCCSC(C)(C)C)cc1. The zero-order chi connectivity index (χ0) is 16.1. The average Bonchev–Trinajstić information content (AvgIpc) is 2.33. The number of carbonyl (C=O) groups is 1. The Morgan fingerprint density at radius 2 is 1.76 bits per heavy atom. The lowest BCUT2D eigenvalue weighted by Crippen LogP contribution is -2.27. The van der Waals surface area contributed by atoms with E-state index in [4.69, 9.17) is 0 Å². The Morgan fingerprint density at radius 3 is 2.24 bits per heavy atom. The van der Waals surface area contributed by atoms with Gasteiger partial charge < -0.3 is 5.32 Å². The molecule has 0 aliphatic rings. The summed E-state index contributed by atoms with van der Waals surface area (Å²) in [4.78, 5) is 11.1. The second kappa shape index (κ2) is 7.29. The van der Waals surface area contributed by atoms with Crippen LogP contribution in [0, 0.1) is 0 Å². The van der Waals surface area contributed by atoms with Crippen molar-refractivity contribution in [1.82, 2.24) is 4.72 Å². The number of thioether (sulfide) groups is 1. The minimum absolute atomic E-state index is 0.117. The van der Waals surface area contributed by atoms with Gasteiger partial charge in [-0.25, -0.2) is 13.1 Å². The Hall–Kier alpha value is -1.05. The summed E-state index contributed by atoms with van der Waals surface area (Å²) in [6.45, 7) is 8.06. The number of hydrogen-bond donors (Lipinski definition) is 2. The molecule has 0 aliphatic carbocycles. The Bertz CT molecular complexity index is 575. The van der Waals surface area contributed by atoms with E-state index < -0.39 is 10.0 Å². The predicted molar refractivity (Wildman–Crippen MR) is 88.1 cm³/mol. The summed E-state index contributed by atoms with van der Waals surface area (Å²) in [6.07, 6.45) is 0. The van der Waals surface area contributed by atoms with Gasteiger partial charge in [-0.2, -0.15) is 11.8 Å². The second-order valence-electron chi connectivity index (χ2n) is 5.56. The van der Waals surface area contributed by atoms with Crippen LogP contribution in [0.15, 0.2) is 29.2 Å². The molecular weight excluding hydrogens is 308 g/mol. The molecule has 0 spiro atoms. The number of sulfonamides is 1. The van der Waals surface area contributed by atoms with Gasteiger partial charge in [-0.05, 0) is 24.3 Å². The molecule has 0 bridgehead atoms. The summed E-state index contributed by atoms with van der Waals surface area (Å²) in [5, 5.41) is 2.59. The van der Waals surface area contributed by atoms with Gasteiger partial charge in [0.25, 0.3) is 0 Å². The van der Waals surface area contributed by atoms with E-state index in [0.29, 0.717) is 18.0 Å². The fourth-order valence-corrected chi connectivity index (χ4v) is 3.51. The number of nitrogens with one attached hydrogen (secondary N) is 2. The summed E-state index contributed by atoms with van der Waals surface area (Å²) < 4.78 is 26.9. The Kier molecular flexibility index (Phi) is 6.24.